The van der Waals surface area contributed by atoms with Gasteiger partial charge in [0.1, 0.15) is 4.99 Å². The van der Waals surface area contributed by atoms with E-state index in [1.807, 2.05) is 37.4 Å². The van der Waals surface area contributed by atoms with Crippen LogP contribution in [0.4, 0.5) is 0 Å². The van der Waals surface area contributed by atoms with Crippen molar-refractivity contribution < 1.29 is 0 Å². The maximum Gasteiger partial charge on any atom is 0.307 e. The van der Waals surface area contributed by atoms with E-state index in [2.05, 4.69) is 0 Å². The first kappa shape index (κ1) is 13.0. The largest absolute Gasteiger partial charge is 0.389 e. The molecule has 0 aliphatic carbocycles. The topological polar surface area (TPSA) is 48.0 Å². The lowest BCUT2D eigenvalue weighted by Gasteiger charge is -2.09. The van der Waals surface area contributed by atoms with Crippen LogP contribution in [0.15, 0.2) is 28.4 Å². The lowest BCUT2D eigenvalue weighted by atomic mass is 10.0. The molecule has 1 heterocycles. The predicted molar refractivity (Wildman–Crippen MR) is 79.5 cm³/mol. The Morgan fingerprint density at radius 3 is 2.67 bits per heavy atom. The Morgan fingerprint density at radius 1 is 1.44 bits per heavy atom. The van der Waals surface area contributed by atoms with Gasteiger partial charge in [-0.25, -0.2) is 0 Å². The standard InChI is InChI=1S/C13H14N2OS2/c1-8-5-10(12(14)17)3-4-11(8)6-15-9(2)7-18-13(15)16/h3-5,7H,6H2,1-2H3,(H2,14,17). The third-order valence-electron chi connectivity index (χ3n) is 2.93. The molecular weight excluding hydrogens is 264 g/mol. The molecule has 2 aromatic rings. The third-order valence-corrected chi connectivity index (χ3v) is 4.05. The number of nitrogens with two attached hydrogens (primary N) is 1. The molecule has 1 aromatic heterocycles. The fraction of sp³-hybridized carbons (Fsp3) is 0.231. The zero-order chi connectivity index (χ0) is 13.3. The molecule has 0 amide bonds. The van der Waals surface area contributed by atoms with Crippen LogP contribution in [0, 0.1) is 13.8 Å². The van der Waals surface area contributed by atoms with E-state index < -0.39 is 0 Å². The second-order valence-electron chi connectivity index (χ2n) is 4.23. The van der Waals surface area contributed by atoms with Crippen molar-refractivity contribution in [1.82, 2.24) is 4.57 Å². The van der Waals surface area contributed by atoms with E-state index in [9.17, 15) is 4.79 Å². The summed E-state index contributed by atoms with van der Waals surface area (Å²) in [5.74, 6) is 0. The third kappa shape index (κ3) is 2.52. The highest BCUT2D eigenvalue weighted by molar-refractivity contribution is 7.80. The summed E-state index contributed by atoms with van der Waals surface area (Å²) in [5, 5.41) is 1.88. The Balaban J connectivity index is 2.36. The predicted octanol–water partition coefficient (Wildman–Crippen LogP) is 2.21. The molecule has 3 nitrogen and oxygen atoms in total. The van der Waals surface area contributed by atoms with Crippen molar-refractivity contribution in [3.63, 3.8) is 0 Å². The van der Waals surface area contributed by atoms with Gasteiger partial charge in [-0.05, 0) is 31.0 Å². The first-order valence-corrected chi connectivity index (χ1v) is 6.82. The van der Waals surface area contributed by atoms with Gasteiger partial charge in [0.2, 0.25) is 0 Å². The summed E-state index contributed by atoms with van der Waals surface area (Å²) < 4.78 is 1.77. The molecule has 0 saturated heterocycles. The lowest BCUT2D eigenvalue weighted by molar-refractivity contribution is 0.751. The van der Waals surface area contributed by atoms with Crippen molar-refractivity contribution in [2.75, 3.05) is 0 Å². The van der Waals surface area contributed by atoms with Gasteiger partial charge in [0, 0.05) is 16.6 Å². The van der Waals surface area contributed by atoms with Crippen LogP contribution < -0.4 is 10.6 Å². The number of hydrogen-bond donors (Lipinski definition) is 1. The van der Waals surface area contributed by atoms with Gasteiger partial charge >= 0.3 is 4.87 Å². The smallest absolute Gasteiger partial charge is 0.307 e. The van der Waals surface area contributed by atoms with E-state index in [0.717, 1.165) is 22.4 Å². The van der Waals surface area contributed by atoms with Crippen LogP contribution >= 0.6 is 23.6 Å². The molecule has 1 aromatic carbocycles. The minimum atomic E-state index is 0.0744. The van der Waals surface area contributed by atoms with Crippen LogP contribution in [0.3, 0.4) is 0 Å². The Bertz CT molecular complexity index is 655. The highest BCUT2D eigenvalue weighted by Crippen LogP contribution is 2.13. The fourth-order valence-electron chi connectivity index (χ4n) is 1.79. The molecule has 0 atom stereocenters. The number of hydrogen-bond acceptors (Lipinski definition) is 3. The van der Waals surface area contributed by atoms with Crippen molar-refractivity contribution >= 4 is 28.5 Å². The van der Waals surface area contributed by atoms with Gasteiger partial charge in [-0.2, -0.15) is 0 Å². The van der Waals surface area contributed by atoms with Gasteiger partial charge in [-0.3, -0.25) is 9.36 Å². The zero-order valence-corrected chi connectivity index (χ0v) is 11.9. The number of aromatic nitrogens is 1. The van der Waals surface area contributed by atoms with Crippen LogP contribution in [-0.2, 0) is 6.54 Å². The van der Waals surface area contributed by atoms with Crippen LogP contribution in [0.5, 0.6) is 0 Å². The molecule has 5 heteroatoms. The first-order valence-electron chi connectivity index (χ1n) is 5.53. The maximum absolute atomic E-state index is 11.7. The number of nitrogens with zero attached hydrogens (tertiary/aromatic N) is 1. The highest BCUT2D eigenvalue weighted by atomic mass is 32.1. The molecule has 0 aliphatic heterocycles. The number of thiocarbonyl (C=S) groups is 1. The monoisotopic (exact) mass is 278 g/mol. The SMILES string of the molecule is Cc1cc(C(N)=S)ccc1Cn1c(C)csc1=O. The van der Waals surface area contributed by atoms with Gasteiger partial charge in [0.15, 0.2) is 0 Å². The summed E-state index contributed by atoms with van der Waals surface area (Å²) in [4.78, 5) is 12.1. The second kappa shape index (κ2) is 5.04. The molecule has 94 valence electrons. The summed E-state index contributed by atoms with van der Waals surface area (Å²) in [5.41, 5.74) is 9.65. The summed E-state index contributed by atoms with van der Waals surface area (Å²) in [6.07, 6.45) is 0. The molecule has 0 radical (unpaired) electrons. The van der Waals surface area contributed by atoms with E-state index >= 15 is 0 Å². The van der Waals surface area contributed by atoms with Gasteiger partial charge in [0.25, 0.3) is 0 Å². The van der Waals surface area contributed by atoms with Gasteiger partial charge < -0.3 is 5.73 Å². The number of benzene rings is 1. The Labute approximate surface area is 115 Å². The normalized spacial score (nSPS) is 10.6. The second-order valence-corrected chi connectivity index (χ2v) is 5.50. The fourth-order valence-corrected chi connectivity index (χ4v) is 2.65. The van der Waals surface area contributed by atoms with Crippen molar-refractivity contribution in [1.29, 1.82) is 0 Å². The van der Waals surface area contributed by atoms with E-state index in [1.54, 1.807) is 4.57 Å². The average molecular weight is 278 g/mol. The molecule has 0 bridgehead atoms. The van der Waals surface area contributed by atoms with Crippen molar-refractivity contribution in [2.45, 2.75) is 20.4 Å². The molecule has 0 aliphatic rings. The minimum Gasteiger partial charge on any atom is -0.389 e. The van der Waals surface area contributed by atoms with Gasteiger partial charge in [-0.1, -0.05) is 35.7 Å². The van der Waals surface area contributed by atoms with Crippen LogP contribution in [-0.4, -0.2) is 9.56 Å². The average Bonchev–Trinajstić information content (AvgIpc) is 2.63. The zero-order valence-electron chi connectivity index (χ0n) is 10.3. The van der Waals surface area contributed by atoms with E-state index in [0.29, 0.717) is 11.5 Å². The molecule has 18 heavy (non-hydrogen) atoms. The Kier molecular flexibility index (Phi) is 3.63. The molecule has 0 fully saturated rings. The molecule has 2 N–H and O–H groups in total. The first-order chi connectivity index (χ1) is 8.49. The van der Waals surface area contributed by atoms with Crippen molar-refractivity contribution in [3.05, 3.63) is 55.6 Å². The minimum absolute atomic E-state index is 0.0744. The molecule has 0 spiro atoms. The van der Waals surface area contributed by atoms with E-state index in [-0.39, 0.29) is 4.87 Å². The molecule has 0 saturated carbocycles. The summed E-state index contributed by atoms with van der Waals surface area (Å²) in [7, 11) is 0. The molecule has 2 rings (SSSR count). The van der Waals surface area contributed by atoms with Gasteiger partial charge in [-0.15, -0.1) is 0 Å². The number of thiazole rings is 1. The van der Waals surface area contributed by atoms with Gasteiger partial charge in [0.05, 0.1) is 6.54 Å². The number of aryl methyl sites for hydroxylation is 2. The van der Waals surface area contributed by atoms with E-state index in [1.165, 1.54) is 11.3 Å². The summed E-state index contributed by atoms with van der Waals surface area (Å²) in [6.45, 7) is 4.54. The van der Waals surface area contributed by atoms with Crippen molar-refractivity contribution in [3.8, 4) is 0 Å². The van der Waals surface area contributed by atoms with Crippen LogP contribution in [0.1, 0.15) is 22.4 Å². The Morgan fingerprint density at radius 2 is 2.17 bits per heavy atom. The quantitative estimate of drug-likeness (QED) is 0.876. The summed E-state index contributed by atoms with van der Waals surface area (Å²) in [6, 6.07) is 5.84. The molecule has 0 unspecified atom stereocenters. The molecular formula is C13H14N2OS2. The maximum atomic E-state index is 11.7. The van der Waals surface area contributed by atoms with Crippen LogP contribution in [0.25, 0.3) is 0 Å². The van der Waals surface area contributed by atoms with E-state index in [4.69, 9.17) is 18.0 Å². The van der Waals surface area contributed by atoms with Crippen molar-refractivity contribution in [2.24, 2.45) is 5.73 Å². The lowest BCUT2D eigenvalue weighted by Crippen LogP contribution is -2.16. The summed E-state index contributed by atoms with van der Waals surface area (Å²) >= 11 is 6.18. The number of rotatable bonds is 3. The highest BCUT2D eigenvalue weighted by Gasteiger charge is 2.07. The Hall–Kier alpha value is -1.46. The van der Waals surface area contributed by atoms with Crippen LogP contribution in [0.2, 0.25) is 0 Å².